The fourth-order valence-corrected chi connectivity index (χ4v) is 4.44. The van der Waals surface area contributed by atoms with Crippen molar-refractivity contribution in [2.24, 2.45) is 0 Å². The first kappa shape index (κ1) is 21.4. The molecule has 10 nitrogen and oxygen atoms in total. The lowest BCUT2D eigenvalue weighted by Gasteiger charge is -2.27. The van der Waals surface area contributed by atoms with Crippen LogP contribution in [-0.4, -0.2) is 52.0 Å². The van der Waals surface area contributed by atoms with E-state index >= 15 is 0 Å². The maximum Gasteiger partial charge on any atom is 0.324 e. The minimum absolute atomic E-state index is 0.218. The van der Waals surface area contributed by atoms with Crippen LogP contribution in [-0.2, 0) is 10.3 Å². The predicted molar refractivity (Wildman–Crippen MR) is 126 cm³/mol. The second-order valence-corrected chi connectivity index (χ2v) is 9.10. The van der Waals surface area contributed by atoms with Gasteiger partial charge < -0.3 is 24.6 Å². The summed E-state index contributed by atoms with van der Waals surface area (Å²) >= 11 is 1.61. The molecule has 3 aromatic heterocycles. The summed E-state index contributed by atoms with van der Waals surface area (Å²) in [6.07, 6.45) is 2.04. The number of nitrogens with zero attached hydrogens (tertiary/aromatic N) is 4. The number of carbonyl (C=O) groups is 1. The van der Waals surface area contributed by atoms with Crippen molar-refractivity contribution < 1.29 is 19.2 Å². The molecule has 0 saturated carbocycles. The van der Waals surface area contributed by atoms with Crippen LogP contribution < -0.4 is 15.5 Å². The van der Waals surface area contributed by atoms with E-state index in [4.69, 9.17) is 14.2 Å². The molecule has 0 bridgehead atoms. The summed E-state index contributed by atoms with van der Waals surface area (Å²) in [5.74, 6) is 1.61. The standard InChI is InChI=1S/C22H24N6O4S/c1-22(2,30)17-11-18(26-32-17)25-20(29)23-15-5-3-14(4-6-15)16-12-28-19(13-33-21(28)24-16)27-7-9-31-10-8-27/h3-6,11-13,30H,7-10H2,1-2H3,(H2,23,25,26,29). The average molecular weight is 469 g/mol. The molecule has 5 rings (SSSR count). The van der Waals surface area contributed by atoms with Gasteiger partial charge in [-0.25, -0.2) is 9.78 Å². The Bertz CT molecular complexity index is 1260. The minimum Gasteiger partial charge on any atom is -0.382 e. The Kier molecular flexibility index (Phi) is 5.52. The molecule has 0 unspecified atom stereocenters. The van der Waals surface area contributed by atoms with Gasteiger partial charge in [-0.2, -0.15) is 0 Å². The number of aromatic nitrogens is 3. The summed E-state index contributed by atoms with van der Waals surface area (Å²) in [5, 5.41) is 21.1. The zero-order valence-corrected chi connectivity index (χ0v) is 19.1. The summed E-state index contributed by atoms with van der Waals surface area (Å²) in [5.41, 5.74) is 1.27. The van der Waals surface area contributed by atoms with Crippen LogP contribution in [0.15, 0.2) is 46.4 Å². The first-order valence-corrected chi connectivity index (χ1v) is 11.4. The molecule has 3 N–H and O–H groups in total. The zero-order valence-electron chi connectivity index (χ0n) is 18.2. The Hall–Kier alpha value is -3.41. The third-order valence-corrected chi connectivity index (χ3v) is 6.15. The van der Waals surface area contributed by atoms with Crippen molar-refractivity contribution in [1.29, 1.82) is 0 Å². The average Bonchev–Trinajstić information content (AvgIpc) is 3.50. The Balaban J connectivity index is 1.25. The van der Waals surface area contributed by atoms with E-state index in [9.17, 15) is 9.90 Å². The molecule has 0 spiro atoms. The molecule has 1 aromatic carbocycles. The van der Waals surface area contributed by atoms with E-state index in [1.807, 2.05) is 30.5 Å². The molecule has 1 aliphatic rings. The molecular weight excluding hydrogens is 444 g/mol. The van der Waals surface area contributed by atoms with Crippen molar-refractivity contribution in [2.75, 3.05) is 41.8 Å². The van der Waals surface area contributed by atoms with Crippen molar-refractivity contribution in [2.45, 2.75) is 19.4 Å². The Morgan fingerprint density at radius 2 is 1.94 bits per heavy atom. The monoisotopic (exact) mass is 468 g/mol. The SMILES string of the molecule is CC(C)(O)c1cc(NC(=O)Nc2ccc(-c3cn4c(N5CCOCC5)csc4n3)cc2)no1. The molecular formula is C22H24N6O4S. The van der Waals surface area contributed by atoms with Gasteiger partial charge in [-0.15, -0.1) is 11.3 Å². The smallest absolute Gasteiger partial charge is 0.324 e. The number of ether oxygens (including phenoxy) is 1. The topological polar surface area (TPSA) is 117 Å². The van der Waals surface area contributed by atoms with Gasteiger partial charge in [0.15, 0.2) is 16.5 Å². The molecule has 172 valence electrons. The second kappa shape index (κ2) is 8.50. The summed E-state index contributed by atoms with van der Waals surface area (Å²) in [7, 11) is 0. The van der Waals surface area contributed by atoms with E-state index in [-0.39, 0.29) is 11.6 Å². The molecule has 1 fully saturated rings. The molecule has 0 atom stereocenters. The minimum atomic E-state index is -1.18. The van der Waals surface area contributed by atoms with Crippen LogP contribution in [0.5, 0.6) is 0 Å². The molecule has 1 aliphatic heterocycles. The Morgan fingerprint density at radius 3 is 2.64 bits per heavy atom. The van der Waals surface area contributed by atoms with E-state index in [0.717, 1.165) is 48.3 Å². The number of carbonyl (C=O) groups excluding carboxylic acids is 1. The maximum atomic E-state index is 12.3. The Labute approximate surface area is 193 Å². The highest BCUT2D eigenvalue weighted by atomic mass is 32.1. The van der Waals surface area contributed by atoms with Crippen molar-refractivity contribution in [3.63, 3.8) is 0 Å². The van der Waals surface area contributed by atoms with Crippen LogP contribution in [0, 0.1) is 0 Å². The first-order valence-electron chi connectivity index (χ1n) is 10.5. The molecule has 33 heavy (non-hydrogen) atoms. The van der Waals surface area contributed by atoms with Gasteiger partial charge >= 0.3 is 6.03 Å². The lowest BCUT2D eigenvalue weighted by Crippen LogP contribution is -2.36. The largest absolute Gasteiger partial charge is 0.382 e. The van der Waals surface area contributed by atoms with Gasteiger partial charge in [0.2, 0.25) is 0 Å². The van der Waals surface area contributed by atoms with Gasteiger partial charge in [0.05, 0.1) is 18.9 Å². The Morgan fingerprint density at radius 1 is 1.18 bits per heavy atom. The van der Waals surface area contributed by atoms with Crippen LogP contribution in [0.3, 0.4) is 0 Å². The fraction of sp³-hybridized carbons (Fsp3) is 0.318. The predicted octanol–water partition coefficient (Wildman–Crippen LogP) is 3.76. The highest BCUT2D eigenvalue weighted by Gasteiger charge is 2.22. The molecule has 4 aromatic rings. The summed E-state index contributed by atoms with van der Waals surface area (Å²) in [6, 6.07) is 8.49. The van der Waals surface area contributed by atoms with Gasteiger partial charge in [-0.3, -0.25) is 9.72 Å². The lowest BCUT2D eigenvalue weighted by atomic mass is 10.1. The normalized spacial score (nSPS) is 14.6. The van der Waals surface area contributed by atoms with Gasteiger partial charge in [0, 0.05) is 42.0 Å². The molecule has 11 heteroatoms. The lowest BCUT2D eigenvalue weighted by molar-refractivity contribution is 0.0476. The summed E-state index contributed by atoms with van der Waals surface area (Å²) < 4.78 is 12.6. The number of nitrogens with one attached hydrogen (secondary N) is 2. The molecule has 4 heterocycles. The number of rotatable bonds is 5. The number of amides is 2. The van der Waals surface area contributed by atoms with E-state index in [0.29, 0.717) is 5.69 Å². The van der Waals surface area contributed by atoms with E-state index < -0.39 is 11.6 Å². The van der Waals surface area contributed by atoms with Crippen LogP contribution in [0.4, 0.5) is 22.1 Å². The number of urea groups is 1. The number of thiazole rings is 1. The highest BCUT2D eigenvalue weighted by Crippen LogP contribution is 2.29. The highest BCUT2D eigenvalue weighted by molar-refractivity contribution is 7.15. The number of fused-ring (bicyclic) bond motifs is 1. The van der Waals surface area contributed by atoms with Crippen LogP contribution in [0.25, 0.3) is 16.2 Å². The third-order valence-electron chi connectivity index (χ3n) is 5.32. The number of anilines is 3. The number of hydrogen-bond donors (Lipinski definition) is 3. The number of imidazole rings is 1. The number of morpholine rings is 1. The van der Waals surface area contributed by atoms with Gasteiger partial charge in [0.25, 0.3) is 0 Å². The van der Waals surface area contributed by atoms with Crippen molar-refractivity contribution in [1.82, 2.24) is 14.5 Å². The fourth-order valence-electron chi connectivity index (χ4n) is 3.56. The van der Waals surface area contributed by atoms with Gasteiger partial charge in [-0.05, 0) is 26.0 Å². The van der Waals surface area contributed by atoms with Crippen LogP contribution in [0.2, 0.25) is 0 Å². The number of benzene rings is 1. The molecule has 0 aliphatic carbocycles. The first-order chi connectivity index (χ1) is 15.9. The van der Waals surface area contributed by atoms with Gasteiger partial charge in [0.1, 0.15) is 11.4 Å². The van der Waals surface area contributed by atoms with Gasteiger partial charge in [-0.1, -0.05) is 17.3 Å². The van der Waals surface area contributed by atoms with Crippen LogP contribution >= 0.6 is 11.3 Å². The van der Waals surface area contributed by atoms with E-state index in [1.165, 1.54) is 6.07 Å². The van der Waals surface area contributed by atoms with Crippen molar-refractivity contribution in [3.8, 4) is 11.3 Å². The summed E-state index contributed by atoms with van der Waals surface area (Å²) in [4.78, 5) is 20.3. The number of hydrogen-bond acceptors (Lipinski definition) is 8. The molecule has 0 radical (unpaired) electrons. The molecule has 2 amide bonds. The van der Waals surface area contributed by atoms with Crippen molar-refractivity contribution >= 4 is 39.7 Å². The second-order valence-electron chi connectivity index (χ2n) is 8.26. The molecule has 1 saturated heterocycles. The van der Waals surface area contributed by atoms with Crippen molar-refractivity contribution in [3.05, 3.63) is 47.7 Å². The number of aliphatic hydroxyl groups is 1. The maximum absolute atomic E-state index is 12.3. The zero-order chi connectivity index (χ0) is 23.0. The van der Waals surface area contributed by atoms with E-state index in [2.05, 4.69) is 30.5 Å². The van der Waals surface area contributed by atoms with E-state index in [1.54, 1.807) is 25.2 Å². The van der Waals surface area contributed by atoms with Crippen LogP contribution in [0.1, 0.15) is 19.6 Å². The third kappa shape index (κ3) is 4.56. The quantitative estimate of drug-likeness (QED) is 0.408. The summed E-state index contributed by atoms with van der Waals surface area (Å²) in [6.45, 7) is 6.36.